The van der Waals surface area contributed by atoms with Crippen LogP contribution in [0.25, 0.3) is 33.4 Å². The maximum Gasteiger partial charge on any atom is 0.0727 e. The Morgan fingerprint density at radius 2 is 0.818 bits per heavy atom. The van der Waals surface area contributed by atoms with Crippen LogP contribution in [0.5, 0.6) is 0 Å². The smallest absolute Gasteiger partial charge is 0.0727 e. The molecule has 9 aromatic rings. The van der Waals surface area contributed by atoms with Crippen LogP contribution in [0.15, 0.2) is 212 Å². The molecule has 0 bridgehead atoms. The molecule has 2 nitrogen and oxygen atoms in total. The molecule has 66 heavy (non-hydrogen) atoms. The number of benzene rings is 9. The van der Waals surface area contributed by atoms with Crippen molar-refractivity contribution in [1.29, 1.82) is 0 Å². The predicted octanol–water partition coefficient (Wildman–Crippen LogP) is 17.3. The van der Waals surface area contributed by atoms with Gasteiger partial charge in [0.1, 0.15) is 0 Å². The molecule has 4 aliphatic carbocycles. The Hall–Kier alpha value is -7.42. The zero-order valence-corrected chi connectivity index (χ0v) is 37.4. The van der Waals surface area contributed by atoms with Crippen LogP contribution in [0.1, 0.15) is 96.3 Å². The minimum Gasteiger partial charge on any atom is -0.310 e. The Morgan fingerprint density at radius 1 is 0.394 bits per heavy atom. The second-order valence-corrected chi connectivity index (χ2v) is 19.1. The molecular weight excluding hydrogens is 797 g/mol. The molecule has 0 heterocycles. The number of anilines is 6. The first kappa shape index (κ1) is 34.9. The number of rotatable bonds is 7. The lowest BCUT2D eigenvalue weighted by molar-refractivity contribution is 0.444. The summed E-state index contributed by atoms with van der Waals surface area (Å²) in [6.45, 7) is 4.69. The van der Waals surface area contributed by atoms with Crippen molar-refractivity contribution in [2.75, 3.05) is 9.80 Å². The van der Waals surface area contributed by atoms with Gasteiger partial charge in [-0.15, -0.1) is 0 Å². The quantitative estimate of drug-likeness (QED) is 0.158. The fraction of sp³-hybridized carbons (Fsp3) is 0.156. The Labute approximate surface area is 395 Å². The van der Waals surface area contributed by atoms with Crippen LogP contribution >= 0.6 is 0 Å². The molecule has 2 heteroatoms. The van der Waals surface area contributed by atoms with Gasteiger partial charge in [0.05, 0.1) is 10.9 Å². The fourth-order valence-corrected chi connectivity index (χ4v) is 12.4. The highest BCUT2D eigenvalue weighted by molar-refractivity contribution is 5.98. The van der Waals surface area contributed by atoms with Crippen molar-refractivity contribution in [3.8, 4) is 33.4 Å². The summed E-state index contributed by atoms with van der Waals surface area (Å²) in [5.74, 6) is 0.0212. The van der Waals surface area contributed by atoms with Crippen LogP contribution in [0.2, 0.25) is 0 Å². The summed E-state index contributed by atoms with van der Waals surface area (Å²) in [6, 6.07) is 68.0. The lowest BCUT2D eigenvalue weighted by atomic mass is 9.70. The van der Waals surface area contributed by atoms with Crippen molar-refractivity contribution in [2.45, 2.75) is 62.7 Å². The molecule has 0 N–H and O–H groups in total. The second kappa shape index (κ2) is 15.1. The van der Waals surface area contributed by atoms with Gasteiger partial charge in [0.25, 0.3) is 0 Å². The summed E-state index contributed by atoms with van der Waals surface area (Å²) in [5.41, 5.74) is 20.2. The highest BCUT2D eigenvalue weighted by Crippen LogP contribution is 2.64. The summed E-state index contributed by atoms with van der Waals surface area (Å²) in [4.78, 5) is 4.54. The lowest BCUT2D eigenvalue weighted by Gasteiger charge is -2.34. The second-order valence-electron chi connectivity index (χ2n) is 19.1. The first-order valence-corrected chi connectivity index (χ1v) is 23.7. The molecule has 1 atom stereocenters. The van der Waals surface area contributed by atoms with Gasteiger partial charge in [-0.1, -0.05) is 179 Å². The monoisotopic (exact) mass is 852 g/mol. The van der Waals surface area contributed by atoms with Crippen molar-refractivity contribution in [2.24, 2.45) is 0 Å². The number of para-hydroxylation sites is 3. The summed E-state index contributed by atoms with van der Waals surface area (Å²) in [5, 5.41) is 0. The SMILES string of the molecule is [2H]c1c([2H])c([2H])c(N(c2ccccc2)c2ccc3c(c2)C2(c4ccccc4-c4ccc(N(c5ccccc5)c5ccc6c(c5)C(C)(C)c5ccccc5-6)cc42)c2ccccc2-3)c(C2CCCCC2)c1[2H]. The van der Waals surface area contributed by atoms with Crippen molar-refractivity contribution in [1.82, 2.24) is 0 Å². The van der Waals surface area contributed by atoms with E-state index in [0.717, 1.165) is 71.7 Å². The molecule has 1 saturated carbocycles. The van der Waals surface area contributed by atoms with Crippen LogP contribution in [0.4, 0.5) is 34.1 Å². The maximum atomic E-state index is 9.70. The molecule has 0 aromatic heterocycles. The maximum absolute atomic E-state index is 9.70. The van der Waals surface area contributed by atoms with Crippen LogP contribution in [-0.4, -0.2) is 0 Å². The van der Waals surface area contributed by atoms with E-state index >= 15 is 0 Å². The van der Waals surface area contributed by atoms with Gasteiger partial charge in [-0.05, 0) is 158 Å². The number of hydrogen-bond acceptors (Lipinski definition) is 2. The van der Waals surface area contributed by atoms with Gasteiger partial charge in [0.15, 0.2) is 0 Å². The normalized spacial score (nSPS) is 17.9. The molecule has 4 aliphatic rings. The number of nitrogens with zero attached hydrogens (tertiary/aromatic N) is 2. The molecule has 0 aliphatic heterocycles. The first-order valence-electron chi connectivity index (χ1n) is 25.7. The third kappa shape index (κ3) is 5.67. The van der Waals surface area contributed by atoms with E-state index in [0.29, 0.717) is 11.3 Å². The average molecular weight is 853 g/mol. The van der Waals surface area contributed by atoms with Crippen molar-refractivity contribution < 1.29 is 5.48 Å². The van der Waals surface area contributed by atoms with Gasteiger partial charge in [0.2, 0.25) is 0 Å². The number of hydrogen-bond donors (Lipinski definition) is 0. The summed E-state index contributed by atoms with van der Waals surface area (Å²) < 4.78 is 37.2. The van der Waals surface area contributed by atoms with E-state index in [4.69, 9.17) is 2.74 Å². The molecule has 1 unspecified atom stereocenters. The van der Waals surface area contributed by atoms with Crippen LogP contribution < -0.4 is 9.80 Å². The number of fused-ring (bicyclic) bond motifs is 13. The highest BCUT2D eigenvalue weighted by atomic mass is 15.1. The van der Waals surface area contributed by atoms with E-state index in [1.54, 1.807) is 0 Å². The third-order valence-corrected chi connectivity index (χ3v) is 15.4. The Kier molecular flexibility index (Phi) is 7.98. The molecular formula is C64H52N2. The van der Waals surface area contributed by atoms with Gasteiger partial charge >= 0.3 is 0 Å². The molecule has 0 radical (unpaired) electrons. The van der Waals surface area contributed by atoms with Crippen LogP contribution in [-0.2, 0) is 10.8 Å². The summed E-state index contributed by atoms with van der Waals surface area (Å²) >= 11 is 0. The molecule has 13 rings (SSSR count). The van der Waals surface area contributed by atoms with E-state index in [1.165, 1.54) is 55.6 Å². The molecule has 0 amide bonds. The summed E-state index contributed by atoms with van der Waals surface area (Å²) in [7, 11) is 0. The lowest BCUT2D eigenvalue weighted by Crippen LogP contribution is -2.26. The Balaban J connectivity index is 1.06. The standard InChI is InChI=1S/C64H52N2/c1-63(2)56-30-16-12-27-50(56)53-37-34-46(40-59(53)63)65(44-22-8-4-9-23-44)47-35-38-54-51-28-13-17-31-57(51)64(60(54)41-47)58-32-18-14-29-52(58)55-39-36-48(42-61(55)64)66(45-24-10-5-11-25-45)62-33-19-15-26-49(62)43-20-6-3-7-21-43/h4-5,8-19,22-43H,3,6-7,20-21H2,1-2H3/i15D,19D,26D,33D. The van der Waals surface area contributed by atoms with Gasteiger partial charge < -0.3 is 9.80 Å². The predicted molar refractivity (Wildman–Crippen MR) is 275 cm³/mol. The van der Waals surface area contributed by atoms with E-state index in [-0.39, 0.29) is 35.5 Å². The van der Waals surface area contributed by atoms with Crippen molar-refractivity contribution in [3.63, 3.8) is 0 Å². The minimum atomic E-state index is -0.710. The largest absolute Gasteiger partial charge is 0.310 e. The average Bonchev–Trinajstić information content (AvgIpc) is 3.96. The molecule has 318 valence electrons. The van der Waals surface area contributed by atoms with Crippen molar-refractivity contribution >= 4 is 34.1 Å². The van der Waals surface area contributed by atoms with E-state index in [9.17, 15) is 2.74 Å². The molecule has 9 aromatic carbocycles. The summed E-state index contributed by atoms with van der Waals surface area (Å²) in [6.07, 6.45) is 5.01. The molecule has 1 fully saturated rings. The zero-order chi connectivity index (χ0) is 47.5. The van der Waals surface area contributed by atoms with E-state index < -0.39 is 5.41 Å². The van der Waals surface area contributed by atoms with E-state index in [2.05, 4.69) is 194 Å². The Morgan fingerprint density at radius 3 is 1.39 bits per heavy atom. The fourth-order valence-electron chi connectivity index (χ4n) is 12.4. The highest BCUT2D eigenvalue weighted by Gasteiger charge is 2.52. The molecule has 0 saturated heterocycles. The van der Waals surface area contributed by atoms with E-state index in [1.807, 2.05) is 18.2 Å². The van der Waals surface area contributed by atoms with Gasteiger partial charge in [-0.3, -0.25) is 0 Å². The minimum absolute atomic E-state index is 0.00931. The first-order chi connectivity index (χ1) is 34.2. The topological polar surface area (TPSA) is 6.48 Å². The van der Waals surface area contributed by atoms with Crippen LogP contribution in [0, 0.1) is 0 Å². The molecule has 1 spiro atoms. The van der Waals surface area contributed by atoms with Crippen molar-refractivity contribution in [3.05, 3.63) is 251 Å². The van der Waals surface area contributed by atoms with Crippen LogP contribution in [0.3, 0.4) is 0 Å². The van der Waals surface area contributed by atoms with Gasteiger partial charge in [0, 0.05) is 39.5 Å². The van der Waals surface area contributed by atoms with Gasteiger partial charge in [-0.25, -0.2) is 0 Å². The van der Waals surface area contributed by atoms with Gasteiger partial charge in [-0.2, -0.15) is 0 Å². The zero-order valence-electron chi connectivity index (χ0n) is 41.4. The third-order valence-electron chi connectivity index (χ3n) is 15.4. The Bertz CT molecular complexity index is 3560.